The minimum absolute atomic E-state index is 0.0683. The number of nitrogens with zero attached hydrogens (tertiary/aromatic N) is 2. The van der Waals surface area contributed by atoms with Crippen LogP contribution in [0.15, 0.2) is 18.2 Å². The van der Waals surface area contributed by atoms with Gasteiger partial charge in [-0.1, -0.05) is 6.07 Å². The van der Waals surface area contributed by atoms with Crippen LogP contribution in [0.2, 0.25) is 0 Å². The zero-order chi connectivity index (χ0) is 10.8. The first-order valence-corrected chi connectivity index (χ1v) is 5.33. The third-order valence-corrected chi connectivity index (χ3v) is 2.89. The van der Waals surface area contributed by atoms with E-state index in [4.69, 9.17) is 17.3 Å². The molecule has 0 bridgehead atoms. The molecule has 1 amide bonds. The summed E-state index contributed by atoms with van der Waals surface area (Å²) in [6, 6.07) is 5.27. The summed E-state index contributed by atoms with van der Waals surface area (Å²) in [6.07, 6.45) is 0.500. The lowest BCUT2D eigenvalue weighted by molar-refractivity contribution is -0.117. The Kier molecular flexibility index (Phi) is 2.77. The van der Waals surface area contributed by atoms with Gasteiger partial charge < -0.3 is 5.73 Å². The number of hydrogen-bond donors (Lipinski definition) is 1. The maximum absolute atomic E-state index is 11.6. The molecular formula is C10H12ClN3O. The number of carbonyl (C=O) groups excluding carboxylic acids is 1. The number of nitrogen functional groups attached to an aromatic ring is 1. The van der Waals surface area contributed by atoms with Crippen LogP contribution in [0.4, 0.5) is 11.6 Å². The molecule has 2 N–H and O–H groups in total. The van der Waals surface area contributed by atoms with Gasteiger partial charge in [0, 0.05) is 18.8 Å². The van der Waals surface area contributed by atoms with Gasteiger partial charge in [0.1, 0.15) is 11.6 Å². The number of rotatable bonds is 2. The molecule has 1 atom stereocenters. The first kappa shape index (κ1) is 10.2. The van der Waals surface area contributed by atoms with Crippen molar-refractivity contribution in [2.24, 2.45) is 5.92 Å². The van der Waals surface area contributed by atoms with Gasteiger partial charge in [-0.05, 0) is 18.1 Å². The first-order valence-electron chi connectivity index (χ1n) is 4.79. The van der Waals surface area contributed by atoms with Gasteiger partial charge >= 0.3 is 0 Å². The van der Waals surface area contributed by atoms with Crippen molar-refractivity contribution in [3.05, 3.63) is 18.2 Å². The van der Waals surface area contributed by atoms with Crippen molar-refractivity contribution in [3.8, 4) is 0 Å². The molecule has 5 heteroatoms. The maximum atomic E-state index is 11.6. The number of anilines is 2. The molecule has 1 aromatic rings. The van der Waals surface area contributed by atoms with Crippen LogP contribution in [0, 0.1) is 5.92 Å². The Labute approximate surface area is 93.0 Å². The molecule has 1 aromatic heterocycles. The van der Waals surface area contributed by atoms with Gasteiger partial charge in [0.25, 0.3) is 0 Å². The predicted octanol–water partition coefficient (Wildman–Crippen LogP) is 1.26. The molecule has 1 saturated heterocycles. The van der Waals surface area contributed by atoms with Crippen LogP contribution in [0.25, 0.3) is 0 Å². The predicted molar refractivity (Wildman–Crippen MR) is 59.8 cm³/mol. The number of nitrogens with two attached hydrogens (primary N) is 1. The van der Waals surface area contributed by atoms with Crippen molar-refractivity contribution in [2.45, 2.75) is 6.42 Å². The summed E-state index contributed by atoms with van der Waals surface area (Å²) in [5.74, 6) is 1.84. The molecule has 80 valence electrons. The number of pyridine rings is 1. The summed E-state index contributed by atoms with van der Waals surface area (Å²) >= 11 is 5.73. The lowest BCUT2D eigenvalue weighted by Gasteiger charge is -2.15. The Bertz CT molecular complexity index is 383. The minimum atomic E-state index is 0.0683. The Morgan fingerprint density at radius 1 is 1.60 bits per heavy atom. The fraction of sp³-hybridized carbons (Fsp3) is 0.400. The van der Waals surface area contributed by atoms with Crippen molar-refractivity contribution in [3.63, 3.8) is 0 Å². The van der Waals surface area contributed by atoms with E-state index in [9.17, 15) is 4.79 Å². The molecule has 0 saturated carbocycles. The monoisotopic (exact) mass is 225 g/mol. The van der Waals surface area contributed by atoms with E-state index in [1.165, 1.54) is 0 Å². The van der Waals surface area contributed by atoms with Crippen molar-refractivity contribution in [1.29, 1.82) is 0 Å². The molecule has 1 fully saturated rings. The van der Waals surface area contributed by atoms with E-state index in [0.29, 0.717) is 30.5 Å². The highest BCUT2D eigenvalue weighted by Crippen LogP contribution is 2.24. The Hall–Kier alpha value is -1.29. The van der Waals surface area contributed by atoms with Gasteiger partial charge in [-0.2, -0.15) is 0 Å². The van der Waals surface area contributed by atoms with Crippen molar-refractivity contribution < 1.29 is 4.79 Å². The van der Waals surface area contributed by atoms with Crippen LogP contribution in [-0.4, -0.2) is 23.3 Å². The molecule has 15 heavy (non-hydrogen) atoms. The Morgan fingerprint density at radius 3 is 3.00 bits per heavy atom. The molecule has 0 spiro atoms. The van der Waals surface area contributed by atoms with Gasteiger partial charge in [0.05, 0.1) is 0 Å². The molecule has 2 rings (SSSR count). The van der Waals surface area contributed by atoms with Crippen LogP contribution >= 0.6 is 11.6 Å². The van der Waals surface area contributed by atoms with Crippen molar-refractivity contribution >= 4 is 29.1 Å². The molecular weight excluding hydrogens is 214 g/mol. The summed E-state index contributed by atoms with van der Waals surface area (Å²) < 4.78 is 0. The number of halogens is 1. The van der Waals surface area contributed by atoms with E-state index in [2.05, 4.69) is 4.98 Å². The largest absolute Gasteiger partial charge is 0.384 e. The highest BCUT2D eigenvalue weighted by molar-refractivity contribution is 6.18. The second-order valence-corrected chi connectivity index (χ2v) is 3.96. The van der Waals surface area contributed by atoms with Crippen LogP contribution in [0.3, 0.4) is 0 Å². The zero-order valence-electron chi connectivity index (χ0n) is 8.19. The lowest BCUT2D eigenvalue weighted by Crippen LogP contribution is -2.25. The first-order chi connectivity index (χ1) is 7.20. The zero-order valence-corrected chi connectivity index (χ0v) is 8.94. The third kappa shape index (κ3) is 2.04. The van der Waals surface area contributed by atoms with Crippen molar-refractivity contribution in [2.75, 3.05) is 23.1 Å². The van der Waals surface area contributed by atoms with E-state index in [0.717, 1.165) is 0 Å². The molecule has 0 aromatic carbocycles. The number of carbonyl (C=O) groups is 1. The van der Waals surface area contributed by atoms with Gasteiger partial charge in [-0.15, -0.1) is 11.6 Å². The molecule has 2 heterocycles. The normalized spacial score (nSPS) is 21.0. The molecule has 4 nitrogen and oxygen atoms in total. The second-order valence-electron chi connectivity index (χ2n) is 3.65. The van der Waals surface area contributed by atoms with Gasteiger partial charge in [0.15, 0.2) is 0 Å². The summed E-state index contributed by atoms with van der Waals surface area (Å²) in [4.78, 5) is 17.4. The van der Waals surface area contributed by atoms with E-state index >= 15 is 0 Å². The second kappa shape index (κ2) is 4.06. The highest BCUT2D eigenvalue weighted by Gasteiger charge is 2.30. The van der Waals surface area contributed by atoms with E-state index < -0.39 is 0 Å². The lowest BCUT2D eigenvalue weighted by atomic mass is 10.1. The smallest absolute Gasteiger partial charge is 0.228 e. The fourth-order valence-electron chi connectivity index (χ4n) is 1.70. The van der Waals surface area contributed by atoms with Crippen LogP contribution in [0.1, 0.15) is 6.42 Å². The average Bonchev–Trinajstić information content (AvgIpc) is 2.60. The number of alkyl halides is 1. The maximum Gasteiger partial charge on any atom is 0.228 e. The molecule has 1 aliphatic heterocycles. The summed E-state index contributed by atoms with van der Waals surface area (Å²) in [5.41, 5.74) is 5.56. The van der Waals surface area contributed by atoms with Crippen LogP contribution < -0.4 is 10.6 Å². The van der Waals surface area contributed by atoms with Crippen molar-refractivity contribution in [1.82, 2.24) is 4.98 Å². The average molecular weight is 226 g/mol. The van der Waals surface area contributed by atoms with E-state index in [1.54, 1.807) is 23.1 Å². The quantitative estimate of drug-likeness (QED) is 0.771. The molecule has 0 radical (unpaired) electrons. The van der Waals surface area contributed by atoms with Gasteiger partial charge in [-0.25, -0.2) is 4.98 Å². The summed E-state index contributed by atoms with van der Waals surface area (Å²) in [6.45, 7) is 0.638. The number of aromatic nitrogens is 1. The SMILES string of the molecule is Nc1cccc(N2CC(CCl)CC2=O)n1. The van der Waals surface area contributed by atoms with Crippen LogP contribution in [0.5, 0.6) is 0 Å². The number of amides is 1. The molecule has 1 aliphatic rings. The number of hydrogen-bond acceptors (Lipinski definition) is 3. The van der Waals surface area contributed by atoms with Crippen LogP contribution in [-0.2, 0) is 4.79 Å². The fourth-order valence-corrected chi connectivity index (χ4v) is 1.90. The van der Waals surface area contributed by atoms with E-state index in [1.807, 2.05) is 0 Å². The summed E-state index contributed by atoms with van der Waals surface area (Å²) in [5, 5.41) is 0. The Balaban J connectivity index is 2.21. The van der Waals surface area contributed by atoms with Gasteiger partial charge in [0.2, 0.25) is 5.91 Å². The molecule has 0 aliphatic carbocycles. The van der Waals surface area contributed by atoms with E-state index in [-0.39, 0.29) is 11.8 Å². The minimum Gasteiger partial charge on any atom is -0.384 e. The summed E-state index contributed by atoms with van der Waals surface area (Å²) in [7, 11) is 0. The topological polar surface area (TPSA) is 59.2 Å². The third-order valence-electron chi connectivity index (χ3n) is 2.46. The Morgan fingerprint density at radius 2 is 2.40 bits per heavy atom. The standard InChI is InChI=1S/C10H12ClN3O/c11-5-7-4-10(15)14(6-7)9-3-1-2-8(12)13-9/h1-3,7H,4-6H2,(H2,12,13). The van der Waals surface area contributed by atoms with Gasteiger partial charge in [-0.3, -0.25) is 9.69 Å². The molecule has 1 unspecified atom stereocenters. The highest BCUT2D eigenvalue weighted by atomic mass is 35.5.